The fourth-order valence-corrected chi connectivity index (χ4v) is 5.16. The molecule has 0 atom stereocenters. The van der Waals surface area contributed by atoms with E-state index in [-0.39, 0.29) is 6.03 Å². The Labute approximate surface area is 194 Å². The molecule has 2 fully saturated rings. The first-order valence-electron chi connectivity index (χ1n) is 11.7. The minimum atomic E-state index is -0.432. The first kappa shape index (κ1) is 21.5. The highest BCUT2D eigenvalue weighted by atomic mass is 16.2. The van der Waals surface area contributed by atoms with Crippen LogP contribution in [0.3, 0.4) is 0 Å². The van der Waals surface area contributed by atoms with E-state index in [0.717, 1.165) is 74.1 Å². The summed E-state index contributed by atoms with van der Waals surface area (Å²) in [5, 5.41) is 1.05. The van der Waals surface area contributed by atoms with E-state index < -0.39 is 5.91 Å². The van der Waals surface area contributed by atoms with Crippen LogP contribution in [0, 0.1) is 0 Å². The molecule has 2 aliphatic rings. The van der Waals surface area contributed by atoms with Gasteiger partial charge < -0.3 is 25.4 Å². The number of carbonyl (C=O) groups is 2. The summed E-state index contributed by atoms with van der Waals surface area (Å²) in [7, 11) is 2.10. The third-order valence-corrected chi connectivity index (χ3v) is 7.17. The fraction of sp³-hybridized carbons (Fsp3) is 0.385. The number of likely N-dealkylation sites (tertiary alicyclic amines) is 1. The predicted molar refractivity (Wildman–Crippen MR) is 130 cm³/mol. The molecule has 7 heteroatoms. The van der Waals surface area contributed by atoms with E-state index in [0.29, 0.717) is 11.5 Å². The molecule has 3 amide bonds. The van der Waals surface area contributed by atoms with Crippen LogP contribution in [0.15, 0.2) is 48.7 Å². The standard InChI is InChI=1S/C26H31N5O2/c1-29-11-13-31(14-12-29)26(33)30-9-7-19(8-10-30)23-17-28-24-21(23)15-20(16-22(24)25(27)32)18-5-3-2-4-6-18/h2-6,15-17,19,28H,7-14H2,1H3,(H2,27,32). The smallest absolute Gasteiger partial charge is 0.320 e. The SMILES string of the molecule is CN1CCN(C(=O)N2CCC(c3c[nH]c4c(C(N)=O)cc(-c5ccccc5)cc34)CC2)CC1. The summed E-state index contributed by atoms with van der Waals surface area (Å²) in [6.07, 6.45) is 3.84. The topological polar surface area (TPSA) is 85.7 Å². The summed E-state index contributed by atoms with van der Waals surface area (Å²) in [4.78, 5) is 34.7. The molecule has 3 heterocycles. The van der Waals surface area contributed by atoms with Crippen LogP contribution in [-0.4, -0.2) is 77.9 Å². The number of piperazine rings is 1. The highest BCUT2D eigenvalue weighted by molar-refractivity contribution is 6.07. The highest BCUT2D eigenvalue weighted by Gasteiger charge is 2.29. The Hall–Kier alpha value is -3.32. The van der Waals surface area contributed by atoms with Gasteiger partial charge in [0.25, 0.3) is 5.91 Å². The largest absolute Gasteiger partial charge is 0.366 e. The normalized spacial score (nSPS) is 18.1. The highest BCUT2D eigenvalue weighted by Crippen LogP contribution is 2.37. The van der Waals surface area contributed by atoms with Crippen molar-refractivity contribution in [2.75, 3.05) is 46.3 Å². The number of nitrogens with two attached hydrogens (primary N) is 1. The van der Waals surface area contributed by atoms with Gasteiger partial charge in [0, 0.05) is 50.9 Å². The van der Waals surface area contributed by atoms with Gasteiger partial charge in [-0.3, -0.25) is 4.79 Å². The van der Waals surface area contributed by atoms with Crippen molar-refractivity contribution in [3.05, 3.63) is 59.8 Å². The summed E-state index contributed by atoms with van der Waals surface area (Å²) in [5.74, 6) is -0.0965. The van der Waals surface area contributed by atoms with Gasteiger partial charge in [-0.15, -0.1) is 0 Å². The van der Waals surface area contributed by atoms with Crippen molar-refractivity contribution in [2.45, 2.75) is 18.8 Å². The van der Waals surface area contributed by atoms with Gasteiger partial charge in [-0.2, -0.15) is 0 Å². The molecular formula is C26H31N5O2. The quantitative estimate of drug-likeness (QED) is 0.647. The monoisotopic (exact) mass is 445 g/mol. The number of hydrogen-bond acceptors (Lipinski definition) is 3. The van der Waals surface area contributed by atoms with Crippen LogP contribution in [0.1, 0.15) is 34.7 Å². The molecule has 3 aromatic rings. The second-order valence-corrected chi connectivity index (χ2v) is 9.25. The van der Waals surface area contributed by atoms with E-state index >= 15 is 0 Å². The first-order valence-corrected chi connectivity index (χ1v) is 11.7. The molecule has 0 spiro atoms. The van der Waals surface area contributed by atoms with Gasteiger partial charge in [0.05, 0.1) is 11.1 Å². The van der Waals surface area contributed by atoms with E-state index in [9.17, 15) is 9.59 Å². The van der Waals surface area contributed by atoms with Crippen LogP contribution in [0.2, 0.25) is 0 Å². The molecule has 33 heavy (non-hydrogen) atoms. The fourth-order valence-electron chi connectivity index (χ4n) is 5.16. The molecule has 2 saturated heterocycles. The van der Waals surface area contributed by atoms with Crippen LogP contribution in [0.25, 0.3) is 22.0 Å². The maximum atomic E-state index is 13.0. The van der Waals surface area contributed by atoms with Crippen molar-refractivity contribution < 1.29 is 9.59 Å². The van der Waals surface area contributed by atoms with Crippen molar-refractivity contribution in [1.82, 2.24) is 19.7 Å². The molecule has 2 aromatic carbocycles. The zero-order chi connectivity index (χ0) is 22.9. The number of aromatic nitrogens is 1. The number of piperidine rings is 1. The lowest BCUT2D eigenvalue weighted by molar-refractivity contribution is 0.100. The van der Waals surface area contributed by atoms with Gasteiger partial charge in [0.15, 0.2) is 0 Å². The van der Waals surface area contributed by atoms with Crippen molar-refractivity contribution in [1.29, 1.82) is 0 Å². The lowest BCUT2D eigenvalue weighted by Gasteiger charge is -2.39. The van der Waals surface area contributed by atoms with Crippen LogP contribution in [0.4, 0.5) is 4.79 Å². The molecule has 172 valence electrons. The average Bonchev–Trinajstić information content (AvgIpc) is 3.28. The lowest BCUT2D eigenvalue weighted by atomic mass is 9.88. The van der Waals surface area contributed by atoms with Gasteiger partial charge in [0.2, 0.25) is 0 Å². The predicted octanol–water partition coefficient (Wildman–Crippen LogP) is 3.48. The molecule has 1 aromatic heterocycles. The number of carbonyl (C=O) groups excluding carboxylic acids is 2. The van der Waals surface area contributed by atoms with Crippen molar-refractivity contribution in [3.8, 4) is 11.1 Å². The Morgan fingerprint density at radius 2 is 1.58 bits per heavy atom. The van der Waals surface area contributed by atoms with Crippen LogP contribution in [-0.2, 0) is 0 Å². The number of likely N-dealkylation sites (N-methyl/N-ethyl adjacent to an activating group) is 1. The van der Waals surface area contributed by atoms with Crippen LogP contribution < -0.4 is 5.73 Å². The number of primary amides is 1. The second-order valence-electron chi connectivity index (χ2n) is 9.25. The molecule has 0 radical (unpaired) electrons. The minimum Gasteiger partial charge on any atom is -0.366 e. The third kappa shape index (κ3) is 4.20. The Morgan fingerprint density at radius 1 is 0.909 bits per heavy atom. The van der Waals surface area contributed by atoms with Crippen LogP contribution in [0.5, 0.6) is 0 Å². The number of amides is 3. The summed E-state index contributed by atoms with van der Waals surface area (Å²) < 4.78 is 0. The van der Waals surface area contributed by atoms with E-state index in [1.807, 2.05) is 52.4 Å². The van der Waals surface area contributed by atoms with Gasteiger partial charge in [-0.25, -0.2) is 4.79 Å². The molecule has 0 unspecified atom stereocenters. The molecule has 5 rings (SSSR count). The summed E-state index contributed by atoms with van der Waals surface area (Å²) in [5.41, 5.74) is 10.3. The Kier molecular flexibility index (Phi) is 5.81. The molecular weight excluding hydrogens is 414 g/mol. The number of nitrogens with zero attached hydrogens (tertiary/aromatic N) is 3. The van der Waals surface area contributed by atoms with Crippen LogP contribution >= 0.6 is 0 Å². The number of fused-ring (bicyclic) bond motifs is 1. The summed E-state index contributed by atoms with van der Waals surface area (Å²) in [6, 6.07) is 14.3. The van der Waals surface area contributed by atoms with E-state index in [4.69, 9.17) is 5.73 Å². The third-order valence-electron chi connectivity index (χ3n) is 7.17. The summed E-state index contributed by atoms with van der Waals surface area (Å²) in [6.45, 7) is 4.98. The maximum absolute atomic E-state index is 13.0. The van der Waals surface area contributed by atoms with Crippen molar-refractivity contribution >= 4 is 22.8 Å². The van der Waals surface area contributed by atoms with Gasteiger partial charge in [-0.05, 0) is 54.6 Å². The second kappa shape index (κ2) is 8.90. The van der Waals surface area contributed by atoms with Gasteiger partial charge >= 0.3 is 6.03 Å². The number of rotatable bonds is 3. The van der Waals surface area contributed by atoms with E-state index in [2.05, 4.69) is 23.0 Å². The number of nitrogens with one attached hydrogen (secondary N) is 1. The number of benzene rings is 2. The Balaban J connectivity index is 1.38. The van der Waals surface area contributed by atoms with E-state index in [1.54, 1.807) is 0 Å². The van der Waals surface area contributed by atoms with Gasteiger partial charge in [-0.1, -0.05) is 30.3 Å². The van der Waals surface area contributed by atoms with Crippen molar-refractivity contribution in [2.24, 2.45) is 5.73 Å². The lowest BCUT2D eigenvalue weighted by Crippen LogP contribution is -2.53. The molecule has 3 N–H and O–H groups in total. The minimum absolute atomic E-state index is 0.169. The zero-order valence-corrected chi connectivity index (χ0v) is 19.1. The number of aromatic amines is 1. The molecule has 0 saturated carbocycles. The first-order chi connectivity index (χ1) is 16.0. The van der Waals surface area contributed by atoms with E-state index in [1.165, 1.54) is 5.56 Å². The Morgan fingerprint density at radius 3 is 2.24 bits per heavy atom. The maximum Gasteiger partial charge on any atom is 0.320 e. The number of hydrogen-bond donors (Lipinski definition) is 2. The zero-order valence-electron chi connectivity index (χ0n) is 19.1. The molecule has 2 aliphatic heterocycles. The Bertz CT molecular complexity index is 1160. The average molecular weight is 446 g/mol. The number of H-pyrrole nitrogens is 1. The molecule has 0 bridgehead atoms. The number of urea groups is 1. The van der Waals surface area contributed by atoms with Gasteiger partial charge in [0.1, 0.15) is 0 Å². The molecule has 7 nitrogen and oxygen atoms in total. The molecule has 0 aliphatic carbocycles. The van der Waals surface area contributed by atoms with Crippen molar-refractivity contribution in [3.63, 3.8) is 0 Å². The summed E-state index contributed by atoms with van der Waals surface area (Å²) >= 11 is 0.